The van der Waals surface area contributed by atoms with Crippen LogP contribution in [0, 0.1) is 6.92 Å². The number of halogens is 1. The molecule has 1 heterocycles. The van der Waals surface area contributed by atoms with Crippen LogP contribution in [0.3, 0.4) is 0 Å². The molecule has 0 radical (unpaired) electrons. The predicted octanol–water partition coefficient (Wildman–Crippen LogP) is 4.00. The van der Waals surface area contributed by atoms with Crippen molar-refractivity contribution in [2.24, 2.45) is 0 Å². The van der Waals surface area contributed by atoms with Crippen molar-refractivity contribution >= 4 is 22.9 Å². The summed E-state index contributed by atoms with van der Waals surface area (Å²) in [5.41, 5.74) is 4.17. The van der Waals surface area contributed by atoms with E-state index in [0.29, 0.717) is 0 Å². The van der Waals surface area contributed by atoms with Gasteiger partial charge < -0.3 is 5.32 Å². The first kappa shape index (κ1) is 13.5. The Morgan fingerprint density at radius 2 is 2.28 bits per heavy atom. The van der Waals surface area contributed by atoms with Crippen molar-refractivity contribution in [2.75, 3.05) is 6.54 Å². The summed E-state index contributed by atoms with van der Waals surface area (Å²) in [4.78, 5) is 5.40. The quantitative estimate of drug-likeness (QED) is 0.895. The molecular formula is C14H17ClN2S. The van der Waals surface area contributed by atoms with E-state index in [9.17, 15) is 0 Å². The maximum absolute atomic E-state index is 6.41. The number of hydrogen-bond acceptors (Lipinski definition) is 3. The van der Waals surface area contributed by atoms with Crippen LogP contribution in [-0.2, 0) is 6.42 Å². The van der Waals surface area contributed by atoms with E-state index in [4.69, 9.17) is 11.6 Å². The number of thiazole rings is 1. The van der Waals surface area contributed by atoms with Gasteiger partial charge in [0.05, 0.1) is 5.51 Å². The summed E-state index contributed by atoms with van der Waals surface area (Å²) < 4.78 is 0. The van der Waals surface area contributed by atoms with E-state index >= 15 is 0 Å². The van der Waals surface area contributed by atoms with Gasteiger partial charge in [-0.3, -0.25) is 4.98 Å². The van der Waals surface area contributed by atoms with Crippen molar-refractivity contribution in [1.29, 1.82) is 0 Å². The lowest BCUT2D eigenvalue weighted by atomic mass is 10.0. The first-order valence-electron chi connectivity index (χ1n) is 6.08. The standard InChI is InChI=1S/C14H17ClN2S/c1-3-17-13(7-11-8-16-9-18-11)12-6-4-5-10(2)14(12)15/h4-6,8-9,13,17H,3,7H2,1-2H3. The molecular weight excluding hydrogens is 264 g/mol. The van der Waals surface area contributed by atoms with Crippen LogP contribution in [0.15, 0.2) is 29.9 Å². The summed E-state index contributed by atoms with van der Waals surface area (Å²) in [6.45, 7) is 5.08. The summed E-state index contributed by atoms with van der Waals surface area (Å²) in [6.07, 6.45) is 2.86. The Labute approximate surface area is 117 Å². The van der Waals surface area contributed by atoms with Crippen LogP contribution in [0.4, 0.5) is 0 Å². The molecule has 1 unspecified atom stereocenters. The first-order valence-corrected chi connectivity index (χ1v) is 7.34. The van der Waals surface area contributed by atoms with Crippen molar-refractivity contribution in [3.05, 3.63) is 50.9 Å². The zero-order chi connectivity index (χ0) is 13.0. The molecule has 2 nitrogen and oxygen atoms in total. The minimum absolute atomic E-state index is 0.253. The molecule has 0 aliphatic carbocycles. The highest BCUT2D eigenvalue weighted by molar-refractivity contribution is 7.09. The van der Waals surface area contributed by atoms with E-state index in [1.54, 1.807) is 11.3 Å². The monoisotopic (exact) mass is 280 g/mol. The number of nitrogens with one attached hydrogen (secondary N) is 1. The number of benzene rings is 1. The highest BCUT2D eigenvalue weighted by atomic mass is 35.5. The van der Waals surface area contributed by atoms with E-state index in [1.165, 1.54) is 10.4 Å². The second-order valence-corrected chi connectivity index (χ2v) is 5.61. The fourth-order valence-corrected chi connectivity index (χ4v) is 2.92. The average molecular weight is 281 g/mol. The molecule has 1 N–H and O–H groups in total. The summed E-state index contributed by atoms with van der Waals surface area (Å²) in [7, 11) is 0. The Bertz CT molecular complexity index is 497. The van der Waals surface area contributed by atoms with Crippen molar-refractivity contribution in [3.8, 4) is 0 Å². The van der Waals surface area contributed by atoms with Gasteiger partial charge in [0.25, 0.3) is 0 Å². The minimum atomic E-state index is 0.253. The first-order chi connectivity index (χ1) is 8.72. The van der Waals surface area contributed by atoms with E-state index in [2.05, 4.69) is 29.4 Å². The summed E-state index contributed by atoms with van der Waals surface area (Å²) >= 11 is 8.10. The Balaban J connectivity index is 2.26. The van der Waals surface area contributed by atoms with E-state index < -0.39 is 0 Å². The van der Waals surface area contributed by atoms with Gasteiger partial charge in [0.2, 0.25) is 0 Å². The lowest BCUT2D eigenvalue weighted by Gasteiger charge is -2.19. The molecule has 0 aliphatic rings. The minimum Gasteiger partial charge on any atom is -0.310 e. The largest absolute Gasteiger partial charge is 0.310 e. The molecule has 0 fully saturated rings. The Morgan fingerprint density at radius 3 is 2.94 bits per heavy atom. The topological polar surface area (TPSA) is 24.9 Å². The maximum Gasteiger partial charge on any atom is 0.0794 e. The van der Waals surface area contributed by atoms with Gasteiger partial charge in [-0.2, -0.15) is 0 Å². The van der Waals surface area contributed by atoms with E-state index in [-0.39, 0.29) is 6.04 Å². The average Bonchev–Trinajstić information content (AvgIpc) is 2.85. The molecule has 0 bridgehead atoms. The molecule has 1 aromatic heterocycles. The van der Waals surface area contributed by atoms with Crippen LogP contribution in [0.1, 0.15) is 29.0 Å². The molecule has 4 heteroatoms. The molecule has 2 rings (SSSR count). The Morgan fingerprint density at radius 1 is 1.44 bits per heavy atom. The molecule has 0 saturated heterocycles. The van der Waals surface area contributed by atoms with Crippen LogP contribution in [0.2, 0.25) is 5.02 Å². The molecule has 1 atom stereocenters. The summed E-state index contributed by atoms with van der Waals surface area (Å²) in [5.74, 6) is 0. The fraction of sp³-hybridized carbons (Fsp3) is 0.357. The Hall–Kier alpha value is -0.900. The molecule has 0 aliphatic heterocycles. The number of aryl methyl sites for hydroxylation is 1. The molecule has 0 amide bonds. The number of nitrogens with zero attached hydrogens (tertiary/aromatic N) is 1. The maximum atomic E-state index is 6.41. The van der Waals surface area contributed by atoms with Gasteiger partial charge in [-0.05, 0) is 24.6 Å². The summed E-state index contributed by atoms with van der Waals surface area (Å²) in [5, 5.41) is 4.37. The van der Waals surface area contributed by atoms with Gasteiger partial charge in [-0.25, -0.2) is 0 Å². The van der Waals surface area contributed by atoms with Gasteiger partial charge in [-0.15, -0.1) is 11.3 Å². The molecule has 2 aromatic rings. The van der Waals surface area contributed by atoms with Crippen molar-refractivity contribution in [1.82, 2.24) is 10.3 Å². The highest BCUT2D eigenvalue weighted by Gasteiger charge is 2.16. The van der Waals surface area contributed by atoms with Crippen molar-refractivity contribution < 1.29 is 0 Å². The van der Waals surface area contributed by atoms with Crippen LogP contribution in [-0.4, -0.2) is 11.5 Å². The molecule has 0 spiro atoms. The zero-order valence-corrected chi connectivity index (χ0v) is 12.2. The van der Waals surface area contributed by atoms with Gasteiger partial charge in [0, 0.05) is 28.6 Å². The number of likely N-dealkylation sites (N-methyl/N-ethyl adjacent to an activating group) is 1. The third kappa shape index (κ3) is 3.10. The normalized spacial score (nSPS) is 12.6. The summed E-state index contributed by atoms with van der Waals surface area (Å²) in [6, 6.07) is 6.46. The molecule has 18 heavy (non-hydrogen) atoms. The molecule has 0 saturated carbocycles. The van der Waals surface area contributed by atoms with Crippen LogP contribution >= 0.6 is 22.9 Å². The zero-order valence-electron chi connectivity index (χ0n) is 10.6. The SMILES string of the molecule is CCNC(Cc1cncs1)c1cccc(C)c1Cl. The predicted molar refractivity (Wildman–Crippen MR) is 78.4 cm³/mol. The second kappa shape index (κ2) is 6.32. The van der Waals surface area contributed by atoms with E-state index in [1.807, 2.05) is 24.7 Å². The fourth-order valence-electron chi connectivity index (χ4n) is 2.02. The number of hydrogen-bond donors (Lipinski definition) is 1. The van der Waals surface area contributed by atoms with Gasteiger partial charge in [0.15, 0.2) is 0 Å². The molecule has 1 aromatic carbocycles. The van der Waals surface area contributed by atoms with Gasteiger partial charge in [0.1, 0.15) is 0 Å². The van der Waals surface area contributed by atoms with Crippen molar-refractivity contribution in [3.63, 3.8) is 0 Å². The Kier molecular flexibility index (Phi) is 4.75. The highest BCUT2D eigenvalue weighted by Crippen LogP contribution is 2.29. The third-order valence-corrected chi connectivity index (χ3v) is 4.25. The second-order valence-electron chi connectivity index (χ2n) is 4.26. The third-order valence-electron chi connectivity index (χ3n) is 2.94. The lowest BCUT2D eigenvalue weighted by molar-refractivity contribution is 0.553. The van der Waals surface area contributed by atoms with Gasteiger partial charge in [-0.1, -0.05) is 36.7 Å². The number of aromatic nitrogens is 1. The van der Waals surface area contributed by atoms with Crippen LogP contribution in [0.25, 0.3) is 0 Å². The lowest BCUT2D eigenvalue weighted by Crippen LogP contribution is -2.23. The molecule has 96 valence electrons. The van der Waals surface area contributed by atoms with Crippen LogP contribution < -0.4 is 5.32 Å². The van der Waals surface area contributed by atoms with Gasteiger partial charge >= 0.3 is 0 Å². The van der Waals surface area contributed by atoms with E-state index in [0.717, 1.165) is 23.6 Å². The smallest absolute Gasteiger partial charge is 0.0794 e. The number of rotatable bonds is 5. The van der Waals surface area contributed by atoms with Crippen molar-refractivity contribution in [2.45, 2.75) is 26.3 Å². The van der Waals surface area contributed by atoms with Crippen LogP contribution in [0.5, 0.6) is 0 Å².